The lowest BCUT2D eigenvalue weighted by Gasteiger charge is -2.27. The first-order chi connectivity index (χ1) is 5.97. The van der Waals surface area contributed by atoms with Gasteiger partial charge in [0.2, 0.25) is 0 Å². The summed E-state index contributed by atoms with van der Waals surface area (Å²) in [5.41, 5.74) is 1.78. The van der Waals surface area contributed by atoms with E-state index in [1.807, 2.05) is 0 Å². The highest BCUT2D eigenvalue weighted by molar-refractivity contribution is 5.10. The second kappa shape index (κ2) is 4.08. The molecule has 1 heteroatoms. The van der Waals surface area contributed by atoms with Gasteiger partial charge in [-0.1, -0.05) is 11.6 Å². The van der Waals surface area contributed by atoms with Crippen molar-refractivity contribution in [1.29, 1.82) is 0 Å². The summed E-state index contributed by atoms with van der Waals surface area (Å²) >= 11 is 0. The Balaban J connectivity index is 1.92. The Labute approximate surface area is 75.2 Å². The summed E-state index contributed by atoms with van der Waals surface area (Å²) in [5.74, 6) is 0.937. The van der Waals surface area contributed by atoms with Crippen molar-refractivity contribution in [3.63, 3.8) is 0 Å². The lowest BCUT2D eigenvalue weighted by atomic mass is 9.84. The summed E-state index contributed by atoms with van der Waals surface area (Å²) in [5, 5.41) is 3.43. The van der Waals surface area contributed by atoms with E-state index in [4.69, 9.17) is 0 Å². The van der Waals surface area contributed by atoms with Gasteiger partial charge < -0.3 is 5.32 Å². The second-order valence-corrected chi connectivity index (χ2v) is 4.05. The van der Waals surface area contributed by atoms with E-state index >= 15 is 0 Å². The van der Waals surface area contributed by atoms with Crippen LogP contribution in [0.5, 0.6) is 0 Å². The molecule has 0 atom stereocenters. The van der Waals surface area contributed by atoms with E-state index in [2.05, 4.69) is 11.4 Å². The van der Waals surface area contributed by atoms with E-state index in [-0.39, 0.29) is 0 Å². The largest absolute Gasteiger partial charge is 0.317 e. The molecule has 0 aromatic carbocycles. The summed E-state index contributed by atoms with van der Waals surface area (Å²) in [6.07, 6.45) is 10.9. The van der Waals surface area contributed by atoms with Crippen LogP contribution in [0.25, 0.3) is 0 Å². The van der Waals surface area contributed by atoms with E-state index in [0.29, 0.717) is 0 Å². The summed E-state index contributed by atoms with van der Waals surface area (Å²) < 4.78 is 0. The maximum atomic E-state index is 3.43. The molecule has 68 valence electrons. The molecular formula is C11H19N. The number of rotatable bonds is 1. The Morgan fingerprint density at radius 1 is 1.17 bits per heavy atom. The average molecular weight is 165 g/mol. The number of allylic oxidation sites excluding steroid dienone is 2. The molecule has 0 unspecified atom stereocenters. The van der Waals surface area contributed by atoms with Crippen LogP contribution in [0.2, 0.25) is 0 Å². The number of hydrogen-bond acceptors (Lipinski definition) is 1. The highest BCUT2D eigenvalue weighted by Crippen LogP contribution is 2.29. The zero-order chi connectivity index (χ0) is 8.23. The van der Waals surface area contributed by atoms with Crippen molar-refractivity contribution >= 4 is 0 Å². The normalized spacial score (nSPS) is 26.8. The monoisotopic (exact) mass is 165 g/mol. The van der Waals surface area contributed by atoms with Crippen molar-refractivity contribution < 1.29 is 0 Å². The SMILES string of the molecule is C1=C(C2CCNCC2)CCCC1. The van der Waals surface area contributed by atoms with E-state index in [1.54, 1.807) is 5.57 Å². The van der Waals surface area contributed by atoms with Gasteiger partial charge in [-0.15, -0.1) is 0 Å². The van der Waals surface area contributed by atoms with Gasteiger partial charge in [-0.2, -0.15) is 0 Å². The third kappa shape index (κ3) is 1.89. The maximum absolute atomic E-state index is 3.43. The van der Waals surface area contributed by atoms with Gasteiger partial charge in [-0.05, 0) is 57.5 Å². The van der Waals surface area contributed by atoms with Crippen LogP contribution >= 0.6 is 0 Å². The fourth-order valence-corrected chi connectivity index (χ4v) is 2.43. The first-order valence-electron chi connectivity index (χ1n) is 5.36. The Morgan fingerprint density at radius 2 is 2.00 bits per heavy atom. The highest BCUT2D eigenvalue weighted by atomic mass is 14.9. The molecule has 0 radical (unpaired) electrons. The molecule has 1 fully saturated rings. The molecule has 1 saturated heterocycles. The Kier molecular flexibility index (Phi) is 2.83. The quantitative estimate of drug-likeness (QED) is 0.589. The molecule has 0 saturated carbocycles. The maximum Gasteiger partial charge on any atom is -0.00432 e. The van der Waals surface area contributed by atoms with Crippen LogP contribution in [0.15, 0.2) is 11.6 Å². The van der Waals surface area contributed by atoms with Crippen molar-refractivity contribution in [3.8, 4) is 0 Å². The second-order valence-electron chi connectivity index (χ2n) is 4.05. The molecule has 1 aliphatic carbocycles. The summed E-state index contributed by atoms with van der Waals surface area (Å²) in [4.78, 5) is 0. The molecule has 1 nitrogen and oxygen atoms in total. The average Bonchev–Trinajstić information content (AvgIpc) is 2.21. The zero-order valence-corrected chi connectivity index (χ0v) is 7.81. The molecule has 0 bridgehead atoms. The number of hydrogen-bond donors (Lipinski definition) is 1. The van der Waals surface area contributed by atoms with Crippen LogP contribution in [-0.4, -0.2) is 13.1 Å². The van der Waals surface area contributed by atoms with E-state index in [9.17, 15) is 0 Å². The van der Waals surface area contributed by atoms with Crippen molar-refractivity contribution in [2.24, 2.45) is 5.92 Å². The molecule has 12 heavy (non-hydrogen) atoms. The van der Waals surface area contributed by atoms with Gasteiger partial charge in [0.1, 0.15) is 0 Å². The molecule has 2 rings (SSSR count). The minimum absolute atomic E-state index is 0.937. The Bertz CT molecular complexity index is 166. The minimum Gasteiger partial charge on any atom is -0.317 e. The van der Waals surface area contributed by atoms with Crippen LogP contribution in [0.1, 0.15) is 38.5 Å². The smallest absolute Gasteiger partial charge is 0.00432 e. The van der Waals surface area contributed by atoms with Crippen LogP contribution in [0.4, 0.5) is 0 Å². The molecule has 0 spiro atoms. The topological polar surface area (TPSA) is 12.0 Å². The molecule has 2 aliphatic rings. The van der Waals surface area contributed by atoms with Gasteiger partial charge in [0, 0.05) is 0 Å². The first kappa shape index (κ1) is 8.31. The predicted molar refractivity (Wildman–Crippen MR) is 52.1 cm³/mol. The van der Waals surface area contributed by atoms with E-state index < -0.39 is 0 Å². The zero-order valence-electron chi connectivity index (χ0n) is 7.81. The van der Waals surface area contributed by atoms with Crippen molar-refractivity contribution in [1.82, 2.24) is 5.32 Å². The molecule has 0 aromatic heterocycles. The Morgan fingerprint density at radius 3 is 2.67 bits per heavy atom. The molecule has 1 N–H and O–H groups in total. The summed E-state index contributed by atoms with van der Waals surface area (Å²) in [6, 6.07) is 0. The molecule has 0 aromatic rings. The van der Waals surface area contributed by atoms with Gasteiger partial charge in [0.15, 0.2) is 0 Å². The van der Waals surface area contributed by atoms with Crippen molar-refractivity contribution in [3.05, 3.63) is 11.6 Å². The van der Waals surface area contributed by atoms with Gasteiger partial charge in [-0.3, -0.25) is 0 Å². The van der Waals surface area contributed by atoms with E-state index in [1.165, 1.54) is 51.6 Å². The van der Waals surface area contributed by atoms with Gasteiger partial charge >= 0.3 is 0 Å². The lowest BCUT2D eigenvalue weighted by molar-refractivity contribution is 0.403. The van der Waals surface area contributed by atoms with Crippen LogP contribution in [0.3, 0.4) is 0 Å². The lowest BCUT2D eigenvalue weighted by Crippen LogP contribution is -2.28. The van der Waals surface area contributed by atoms with Crippen LogP contribution < -0.4 is 5.32 Å². The standard InChI is InChI=1S/C11H19N/c1-2-4-10(5-3-1)11-6-8-12-9-7-11/h4,11-12H,1-3,5-9H2. The number of nitrogens with one attached hydrogen (secondary N) is 1. The van der Waals surface area contributed by atoms with Crippen molar-refractivity contribution in [2.45, 2.75) is 38.5 Å². The van der Waals surface area contributed by atoms with Crippen LogP contribution in [0, 0.1) is 5.92 Å². The Hall–Kier alpha value is -0.300. The third-order valence-electron chi connectivity index (χ3n) is 3.19. The van der Waals surface area contributed by atoms with E-state index in [0.717, 1.165) is 5.92 Å². The first-order valence-corrected chi connectivity index (χ1v) is 5.36. The fourth-order valence-electron chi connectivity index (χ4n) is 2.43. The third-order valence-corrected chi connectivity index (χ3v) is 3.19. The van der Waals surface area contributed by atoms with Gasteiger partial charge in [0.05, 0.1) is 0 Å². The van der Waals surface area contributed by atoms with Crippen molar-refractivity contribution in [2.75, 3.05) is 13.1 Å². The summed E-state index contributed by atoms with van der Waals surface area (Å²) in [6.45, 7) is 2.48. The molecule has 1 heterocycles. The number of piperidine rings is 1. The highest BCUT2D eigenvalue weighted by Gasteiger charge is 2.17. The molecular weight excluding hydrogens is 146 g/mol. The van der Waals surface area contributed by atoms with Gasteiger partial charge in [-0.25, -0.2) is 0 Å². The molecule has 1 aliphatic heterocycles. The minimum atomic E-state index is 0.937. The van der Waals surface area contributed by atoms with Gasteiger partial charge in [0.25, 0.3) is 0 Å². The fraction of sp³-hybridized carbons (Fsp3) is 0.818. The molecule has 0 amide bonds. The van der Waals surface area contributed by atoms with Crippen LogP contribution in [-0.2, 0) is 0 Å². The predicted octanol–water partition coefficient (Wildman–Crippen LogP) is 2.49. The summed E-state index contributed by atoms with van der Waals surface area (Å²) in [7, 11) is 0.